The summed E-state index contributed by atoms with van der Waals surface area (Å²) in [6.07, 6.45) is 0. The fraction of sp³-hybridized carbons (Fsp3) is 0.333. The topological polar surface area (TPSA) is 26.0 Å². The first-order chi connectivity index (χ1) is 1.73. The van der Waals surface area contributed by atoms with Crippen LogP contribution in [0, 0.1) is 0 Å². The van der Waals surface area contributed by atoms with E-state index in [2.05, 4.69) is 6.58 Å². The van der Waals surface area contributed by atoms with Crippen LogP contribution in [0.15, 0.2) is 12.3 Å². The first kappa shape index (κ1) is 9.17. The molecule has 2 heteroatoms. The molecule has 0 aromatic carbocycles. The molecule has 1 radical (unpaired) electrons. The third-order valence-corrected chi connectivity index (χ3v) is 0. The van der Waals surface area contributed by atoms with Crippen molar-refractivity contribution in [1.82, 2.24) is 0 Å². The smallest absolute Gasteiger partial charge is 0 e. The summed E-state index contributed by atoms with van der Waals surface area (Å²) in [4.78, 5) is 0. The molecule has 0 unspecified atom stereocenters. The van der Waals surface area contributed by atoms with Gasteiger partial charge in [-0.15, -0.1) is 0 Å². The monoisotopic (exact) mass is 146 g/mol. The second-order valence-electron chi connectivity index (χ2n) is 0.846. The van der Waals surface area contributed by atoms with Gasteiger partial charge in [-0.2, -0.15) is 0 Å². The van der Waals surface area contributed by atoms with Gasteiger partial charge in [-0.05, 0) is 12.6 Å². The SMILES string of the molecule is C=C(C)N.[Y]. The van der Waals surface area contributed by atoms with Gasteiger partial charge in [0.25, 0.3) is 0 Å². The van der Waals surface area contributed by atoms with Gasteiger partial charge in [-0.3, -0.25) is 0 Å². The summed E-state index contributed by atoms with van der Waals surface area (Å²) < 4.78 is 0. The van der Waals surface area contributed by atoms with E-state index in [-0.39, 0.29) is 32.7 Å². The molecule has 0 atom stereocenters. The van der Waals surface area contributed by atoms with Crippen molar-refractivity contribution in [2.24, 2.45) is 5.73 Å². The third kappa shape index (κ3) is 78.3. The minimum atomic E-state index is 0. The Hall–Kier alpha value is 0.644. The van der Waals surface area contributed by atoms with Gasteiger partial charge >= 0.3 is 0 Å². The van der Waals surface area contributed by atoms with Crippen molar-refractivity contribution in [3.63, 3.8) is 0 Å². The van der Waals surface area contributed by atoms with Crippen LogP contribution in [0.4, 0.5) is 0 Å². The Morgan fingerprint density at radius 2 is 1.80 bits per heavy atom. The fourth-order valence-electron chi connectivity index (χ4n) is 0. The Morgan fingerprint density at radius 1 is 1.80 bits per heavy atom. The molecule has 0 fully saturated rings. The number of hydrogen-bond donors (Lipinski definition) is 1. The molecule has 0 aromatic rings. The van der Waals surface area contributed by atoms with E-state index in [1.165, 1.54) is 0 Å². The molecular formula is C3H7NY. The van der Waals surface area contributed by atoms with Crippen LogP contribution < -0.4 is 5.73 Å². The molecule has 0 aliphatic rings. The minimum absolute atomic E-state index is 0. The molecular weight excluding hydrogens is 139 g/mol. The maximum absolute atomic E-state index is 4.92. The molecule has 0 aromatic heterocycles. The number of nitrogens with two attached hydrogens (primary N) is 1. The first-order valence-electron chi connectivity index (χ1n) is 1.14. The maximum atomic E-state index is 4.92. The van der Waals surface area contributed by atoms with E-state index in [0.29, 0.717) is 5.70 Å². The van der Waals surface area contributed by atoms with Gasteiger partial charge in [0.1, 0.15) is 0 Å². The largest absolute Gasteiger partial charge is 0.403 e. The van der Waals surface area contributed by atoms with Crippen molar-refractivity contribution >= 4 is 0 Å². The average molecular weight is 146 g/mol. The molecule has 0 bridgehead atoms. The zero-order valence-corrected chi connectivity index (χ0v) is 6.20. The minimum Gasteiger partial charge on any atom is -0.403 e. The van der Waals surface area contributed by atoms with Crippen molar-refractivity contribution in [3.05, 3.63) is 12.3 Å². The van der Waals surface area contributed by atoms with E-state index in [4.69, 9.17) is 5.73 Å². The third-order valence-electron chi connectivity index (χ3n) is 0. The van der Waals surface area contributed by atoms with Gasteiger partial charge in [0.2, 0.25) is 0 Å². The predicted octanol–water partition coefficient (Wildman–Crippen LogP) is 0.476. The molecule has 5 heavy (non-hydrogen) atoms. The normalized spacial score (nSPS) is 5.00. The summed E-state index contributed by atoms with van der Waals surface area (Å²) in [5, 5.41) is 0. The van der Waals surface area contributed by atoms with Gasteiger partial charge in [-0.1, -0.05) is 6.58 Å². The standard InChI is InChI=1S/C3H7N.Y/c1-3(2)4;/h1,4H2,2H3;. The zero-order valence-electron chi connectivity index (χ0n) is 3.36. The van der Waals surface area contributed by atoms with Gasteiger partial charge in [0, 0.05) is 32.7 Å². The average Bonchev–Trinajstić information content (AvgIpc) is 0.811. The molecule has 0 heterocycles. The summed E-state index contributed by atoms with van der Waals surface area (Å²) in [7, 11) is 0. The molecule has 0 saturated carbocycles. The van der Waals surface area contributed by atoms with Crippen LogP contribution in [0.5, 0.6) is 0 Å². The van der Waals surface area contributed by atoms with Crippen molar-refractivity contribution in [2.45, 2.75) is 6.92 Å². The van der Waals surface area contributed by atoms with Gasteiger partial charge < -0.3 is 5.73 Å². The van der Waals surface area contributed by atoms with E-state index in [0.717, 1.165) is 0 Å². The zero-order chi connectivity index (χ0) is 3.58. The molecule has 0 aliphatic heterocycles. The summed E-state index contributed by atoms with van der Waals surface area (Å²) in [6, 6.07) is 0. The molecule has 0 aliphatic carbocycles. The molecule has 0 amide bonds. The van der Waals surface area contributed by atoms with Crippen LogP contribution >= 0.6 is 0 Å². The summed E-state index contributed by atoms with van der Waals surface area (Å²) in [5.74, 6) is 0. The van der Waals surface area contributed by atoms with Crippen LogP contribution in [-0.4, -0.2) is 0 Å². The van der Waals surface area contributed by atoms with Crippen molar-refractivity contribution in [3.8, 4) is 0 Å². The summed E-state index contributed by atoms with van der Waals surface area (Å²) in [6.45, 7) is 5.08. The van der Waals surface area contributed by atoms with E-state index in [1.807, 2.05) is 0 Å². The van der Waals surface area contributed by atoms with Crippen LogP contribution in [0.1, 0.15) is 6.92 Å². The van der Waals surface area contributed by atoms with Crippen molar-refractivity contribution in [1.29, 1.82) is 0 Å². The predicted molar refractivity (Wildman–Crippen MR) is 19.0 cm³/mol. The van der Waals surface area contributed by atoms with Gasteiger partial charge in [0.05, 0.1) is 0 Å². The van der Waals surface area contributed by atoms with Gasteiger partial charge in [0.15, 0.2) is 0 Å². The first-order valence-corrected chi connectivity index (χ1v) is 1.14. The second-order valence-corrected chi connectivity index (χ2v) is 0.846. The molecule has 2 N–H and O–H groups in total. The fourth-order valence-corrected chi connectivity index (χ4v) is 0. The Morgan fingerprint density at radius 3 is 1.80 bits per heavy atom. The molecule has 0 saturated heterocycles. The van der Waals surface area contributed by atoms with Crippen LogP contribution in [0.3, 0.4) is 0 Å². The van der Waals surface area contributed by atoms with Crippen LogP contribution in [0.2, 0.25) is 0 Å². The Kier molecular flexibility index (Phi) is 8.51. The Balaban J connectivity index is 0. The van der Waals surface area contributed by atoms with Crippen LogP contribution in [0.25, 0.3) is 0 Å². The van der Waals surface area contributed by atoms with Gasteiger partial charge in [-0.25, -0.2) is 0 Å². The quantitative estimate of drug-likeness (QED) is 0.528. The molecule has 27 valence electrons. The maximum Gasteiger partial charge on any atom is 0 e. The van der Waals surface area contributed by atoms with Crippen LogP contribution in [-0.2, 0) is 32.7 Å². The van der Waals surface area contributed by atoms with E-state index < -0.39 is 0 Å². The number of hydrogen-bond acceptors (Lipinski definition) is 1. The molecule has 0 rings (SSSR count). The van der Waals surface area contributed by atoms with Crippen molar-refractivity contribution in [2.75, 3.05) is 0 Å². The van der Waals surface area contributed by atoms with E-state index in [9.17, 15) is 0 Å². The summed E-state index contributed by atoms with van der Waals surface area (Å²) in [5.41, 5.74) is 5.58. The number of allylic oxidation sites excluding steroid dienone is 1. The molecule has 0 spiro atoms. The second kappa shape index (κ2) is 4.64. The van der Waals surface area contributed by atoms with E-state index in [1.54, 1.807) is 6.92 Å². The number of rotatable bonds is 0. The molecule has 1 nitrogen and oxygen atoms in total. The Bertz CT molecular complexity index is 29.9. The Labute approximate surface area is 57.5 Å². The van der Waals surface area contributed by atoms with Crippen molar-refractivity contribution < 1.29 is 32.7 Å². The summed E-state index contributed by atoms with van der Waals surface area (Å²) >= 11 is 0. The van der Waals surface area contributed by atoms with E-state index >= 15 is 0 Å².